The number of anilines is 1. The van der Waals surface area contributed by atoms with Crippen LogP contribution in [0.1, 0.15) is 38.3 Å². The van der Waals surface area contributed by atoms with Crippen LogP contribution in [0.4, 0.5) is 5.69 Å². The third kappa shape index (κ3) is 7.14. The molecule has 3 rings (SSSR count). The largest absolute Gasteiger partial charge is 0.494 e. The molecule has 0 saturated carbocycles. The van der Waals surface area contributed by atoms with E-state index in [0.29, 0.717) is 6.61 Å². The van der Waals surface area contributed by atoms with Gasteiger partial charge in [0.2, 0.25) is 0 Å². The van der Waals surface area contributed by atoms with Gasteiger partial charge < -0.3 is 14.8 Å². The van der Waals surface area contributed by atoms with Crippen LogP contribution in [0.5, 0.6) is 11.5 Å². The lowest BCUT2D eigenvalue weighted by Gasteiger charge is -2.19. The van der Waals surface area contributed by atoms with E-state index in [4.69, 9.17) is 9.47 Å². The Kier molecular flexibility index (Phi) is 7.78. The Hall–Kier alpha value is -2.94. The number of hydrogen-bond donors (Lipinski definition) is 1. The highest BCUT2D eigenvalue weighted by Crippen LogP contribution is 2.24. The third-order valence-electron chi connectivity index (χ3n) is 5.00. The number of benzene rings is 3. The molecule has 0 aliphatic heterocycles. The molecule has 0 fully saturated rings. The fourth-order valence-corrected chi connectivity index (χ4v) is 3.20. The summed E-state index contributed by atoms with van der Waals surface area (Å²) in [6.07, 6.45) is 2.05. The van der Waals surface area contributed by atoms with E-state index in [1.54, 1.807) is 0 Å². The minimum Gasteiger partial charge on any atom is -0.494 e. The van der Waals surface area contributed by atoms with Crippen molar-refractivity contribution in [3.63, 3.8) is 0 Å². The Balaban J connectivity index is 1.32. The summed E-state index contributed by atoms with van der Waals surface area (Å²) < 4.78 is 11.7. The van der Waals surface area contributed by atoms with Crippen LogP contribution >= 0.6 is 0 Å². The molecule has 0 bridgehead atoms. The van der Waals surface area contributed by atoms with Gasteiger partial charge in [-0.1, -0.05) is 63.2 Å². The van der Waals surface area contributed by atoms with Crippen molar-refractivity contribution >= 4 is 5.69 Å². The Labute approximate surface area is 181 Å². The zero-order valence-electron chi connectivity index (χ0n) is 18.4. The predicted octanol–water partition coefficient (Wildman–Crippen LogP) is 6.49. The van der Waals surface area contributed by atoms with Crippen LogP contribution in [0, 0.1) is 0 Å². The molecule has 0 amide bonds. The molecule has 0 atom stereocenters. The van der Waals surface area contributed by atoms with Crippen LogP contribution in [0.15, 0.2) is 78.9 Å². The molecule has 3 heteroatoms. The van der Waals surface area contributed by atoms with Crippen LogP contribution in [-0.4, -0.2) is 19.8 Å². The summed E-state index contributed by atoms with van der Waals surface area (Å²) in [4.78, 5) is 0. The Morgan fingerprint density at radius 2 is 1.30 bits per heavy atom. The third-order valence-corrected chi connectivity index (χ3v) is 5.00. The van der Waals surface area contributed by atoms with Crippen molar-refractivity contribution in [2.24, 2.45) is 0 Å². The Morgan fingerprint density at radius 3 is 1.93 bits per heavy atom. The highest BCUT2D eigenvalue weighted by Gasteiger charge is 2.12. The molecule has 0 aliphatic carbocycles. The normalized spacial score (nSPS) is 11.2. The van der Waals surface area contributed by atoms with Gasteiger partial charge in [-0.05, 0) is 65.8 Å². The smallest absolute Gasteiger partial charge is 0.119 e. The van der Waals surface area contributed by atoms with Gasteiger partial charge >= 0.3 is 0 Å². The van der Waals surface area contributed by atoms with Crippen molar-refractivity contribution in [1.82, 2.24) is 0 Å². The van der Waals surface area contributed by atoms with Crippen molar-refractivity contribution in [2.45, 2.75) is 39.0 Å². The van der Waals surface area contributed by atoms with Gasteiger partial charge in [-0.2, -0.15) is 0 Å². The van der Waals surface area contributed by atoms with E-state index in [1.165, 1.54) is 11.1 Å². The molecule has 3 aromatic carbocycles. The topological polar surface area (TPSA) is 30.5 Å². The molecule has 158 valence electrons. The van der Waals surface area contributed by atoms with Gasteiger partial charge in [-0.15, -0.1) is 0 Å². The summed E-state index contributed by atoms with van der Waals surface area (Å²) in [5.74, 6) is 1.81. The predicted molar refractivity (Wildman–Crippen MR) is 126 cm³/mol. The number of ether oxygens (including phenoxy) is 2. The second-order valence-electron chi connectivity index (χ2n) is 8.51. The lowest BCUT2D eigenvalue weighted by Crippen LogP contribution is -2.12. The maximum atomic E-state index is 5.85. The number of nitrogens with one attached hydrogen (secondary N) is 1. The molecule has 1 N–H and O–H groups in total. The second-order valence-corrected chi connectivity index (χ2v) is 8.51. The first-order valence-corrected chi connectivity index (χ1v) is 10.7. The highest BCUT2D eigenvalue weighted by molar-refractivity contribution is 5.46. The Morgan fingerprint density at radius 1 is 0.700 bits per heavy atom. The average molecular weight is 404 g/mol. The summed E-state index contributed by atoms with van der Waals surface area (Å²) in [7, 11) is 0. The van der Waals surface area contributed by atoms with E-state index in [9.17, 15) is 0 Å². The summed E-state index contributed by atoms with van der Waals surface area (Å²) in [6.45, 7) is 8.74. The SMILES string of the molecule is CC(C)(C)c1ccc(OCCNc2ccc(OCCCc3ccccc3)cc2)cc1. The molecule has 0 spiro atoms. The van der Waals surface area contributed by atoms with Crippen LogP contribution < -0.4 is 14.8 Å². The van der Waals surface area contributed by atoms with Crippen molar-refractivity contribution < 1.29 is 9.47 Å². The van der Waals surface area contributed by atoms with Crippen LogP contribution in [-0.2, 0) is 11.8 Å². The molecule has 30 heavy (non-hydrogen) atoms. The van der Waals surface area contributed by atoms with Crippen molar-refractivity contribution in [3.05, 3.63) is 90.0 Å². The lowest BCUT2D eigenvalue weighted by atomic mass is 9.87. The first-order chi connectivity index (χ1) is 14.5. The zero-order chi connectivity index (χ0) is 21.2. The minimum absolute atomic E-state index is 0.165. The van der Waals surface area contributed by atoms with Gasteiger partial charge in [-0.25, -0.2) is 0 Å². The van der Waals surface area contributed by atoms with Gasteiger partial charge in [-0.3, -0.25) is 0 Å². The standard InChI is InChI=1S/C27H33NO2/c1-27(2,3)23-11-15-25(16-12-23)30-21-19-28-24-13-17-26(18-14-24)29-20-7-10-22-8-5-4-6-9-22/h4-6,8-9,11-18,28H,7,10,19-21H2,1-3H3. The van der Waals surface area contributed by atoms with E-state index in [0.717, 1.165) is 43.2 Å². The zero-order valence-corrected chi connectivity index (χ0v) is 18.4. The van der Waals surface area contributed by atoms with Gasteiger partial charge in [0.05, 0.1) is 6.61 Å². The fourth-order valence-electron chi connectivity index (χ4n) is 3.20. The molecule has 0 heterocycles. The quantitative estimate of drug-likeness (QED) is 0.393. The van der Waals surface area contributed by atoms with Gasteiger partial charge in [0, 0.05) is 12.2 Å². The van der Waals surface area contributed by atoms with Crippen molar-refractivity contribution in [2.75, 3.05) is 25.1 Å². The fraction of sp³-hybridized carbons (Fsp3) is 0.333. The van der Waals surface area contributed by atoms with E-state index in [-0.39, 0.29) is 5.41 Å². The van der Waals surface area contributed by atoms with Gasteiger partial charge in [0.25, 0.3) is 0 Å². The molecule has 3 aromatic rings. The average Bonchev–Trinajstić information content (AvgIpc) is 2.76. The Bertz CT molecular complexity index is 865. The van der Waals surface area contributed by atoms with Gasteiger partial charge in [0.15, 0.2) is 0 Å². The molecule has 3 nitrogen and oxygen atoms in total. The minimum atomic E-state index is 0.165. The van der Waals surface area contributed by atoms with Gasteiger partial charge in [0.1, 0.15) is 18.1 Å². The van der Waals surface area contributed by atoms with Crippen molar-refractivity contribution in [1.29, 1.82) is 0 Å². The van der Waals surface area contributed by atoms with E-state index in [1.807, 2.05) is 42.5 Å². The lowest BCUT2D eigenvalue weighted by molar-refractivity contribution is 0.311. The summed E-state index contributed by atoms with van der Waals surface area (Å²) >= 11 is 0. The summed E-state index contributed by atoms with van der Waals surface area (Å²) in [5, 5.41) is 3.39. The second kappa shape index (κ2) is 10.7. The maximum Gasteiger partial charge on any atom is 0.119 e. The molecule has 0 unspecified atom stereocenters. The molecule has 0 aliphatic rings. The number of hydrogen-bond acceptors (Lipinski definition) is 3. The first-order valence-electron chi connectivity index (χ1n) is 10.7. The molecule has 0 saturated heterocycles. The van der Waals surface area contributed by atoms with Crippen LogP contribution in [0.25, 0.3) is 0 Å². The molecular weight excluding hydrogens is 370 g/mol. The van der Waals surface area contributed by atoms with Crippen molar-refractivity contribution in [3.8, 4) is 11.5 Å². The van der Waals surface area contributed by atoms with Crippen LogP contribution in [0.2, 0.25) is 0 Å². The molecule has 0 aromatic heterocycles. The molecular formula is C27H33NO2. The summed E-state index contributed by atoms with van der Waals surface area (Å²) in [5.41, 5.74) is 3.90. The number of rotatable bonds is 10. The van der Waals surface area contributed by atoms with E-state index < -0.39 is 0 Å². The molecule has 0 radical (unpaired) electrons. The van der Waals surface area contributed by atoms with E-state index in [2.05, 4.69) is 62.5 Å². The van der Waals surface area contributed by atoms with E-state index >= 15 is 0 Å². The summed E-state index contributed by atoms with van der Waals surface area (Å²) in [6, 6.07) is 27.0. The maximum absolute atomic E-state index is 5.85. The monoisotopic (exact) mass is 403 g/mol. The number of aryl methyl sites for hydroxylation is 1. The van der Waals surface area contributed by atoms with Crippen LogP contribution in [0.3, 0.4) is 0 Å². The first kappa shape index (κ1) is 21.8. The highest BCUT2D eigenvalue weighted by atomic mass is 16.5.